The van der Waals surface area contributed by atoms with Gasteiger partial charge in [-0.3, -0.25) is 4.98 Å². The molecule has 3 nitrogen and oxygen atoms in total. The van der Waals surface area contributed by atoms with Gasteiger partial charge in [0.25, 0.3) is 0 Å². The average Bonchev–Trinajstić information content (AvgIpc) is 3.13. The second-order valence-corrected chi connectivity index (χ2v) is 7.46. The van der Waals surface area contributed by atoms with Gasteiger partial charge in [0.05, 0.1) is 5.56 Å². The zero-order valence-electron chi connectivity index (χ0n) is 16.8. The van der Waals surface area contributed by atoms with Gasteiger partial charge in [0, 0.05) is 18.0 Å². The Labute approximate surface area is 169 Å². The number of unbranched alkanes of at least 4 members (excludes halogenated alkanes) is 7. The van der Waals surface area contributed by atoms with E-state index < -0.39 is 11.7 Å². The van der Waals surface area contributed by atoms with Crippen LogP contribution >= 0.6 is 0 Å². The smallest absolute Gasteiger partial charge is 0.416 e. The lowest BCUT2D eigenvalue weighted by atomic mass is 10.0. The molecule has 156 valence electrons. The average molecular weight is 404 g/mol. The van der Waals surface area contributed by atoms with Gasteiger partial charge in [-0.2, -0.15) is 13.2 Å². The molecule has 3 rings (SSSR count). The van der Waals surface area contributed by atoms with Gasteiger partial charge >= 0.3 is 6.18 Å². The number of oxazole rings is 1. The highest BCUT2D eigenvalue weighted by Crippen LogP contribution is 2.33. The number of pyridine rings is 1. The maximum atomic E-state index is 12.9. The van der Waals surface area contributed by atoms with Crippen molar-refractivity contribution in [3.8, 4) is 11.5 Å². The fraction of sp³-hybridized carbons (Fsp3) is 0.478. The van der Waals surface area contributed by atoms with Crippen molar-refractivity contribution in [2.24, 2.45) is 0 Å². The first kappa shape index (κ1) is 21.3. The lowest BCUT2D eigenvalue weighted by molar-refractivity contribution is -0.137. The number of fused-ring (bicyclic) bond motifs is 1. The Bertz CT molecular complexity index is 918. The van der Waals surface area contributed by atoms with Crippen LogP contribution in [-0.4, -0.2) is 9.97 Å². The van der Waals surface area contributed by atoms with Crippen molar-refractivity contribution >= 4 is 11.1 Å². The maximum Gasteiger partial charge on any atom is 0.416 e. The van der Waals surface area contributed by atoms with Crippen LogP contribution in [0.15, 0.2) is 41.1 Å². The number of halogens is 3. The van der Waals surface area contributed by atoms with Crippen molar-refractivity contribution in [3.63, 3.8) is 0 Å². The Morgan fingerprint density at radius 2 is 1.66 bits per heavy atom. The summed E-state index contributed by atoms with van der Waals surface area (Å²) in [7, 11) is 0. The molecule has 2 heterocycles. The third-order valence-electron chi connectivity index (χ3n) is 5.15. The summed E-state index contributed by atoms with van der Waals surface area (Å²) in [6.45, 7) is 2.22. The molecule has 0 unspecified atom stereocenters. The number of nitrogens with zero attached hydrogens (tertiary/aromatic N) is 2. The van der Waals surface area contributed by atoms with Crippen LogP contribution in [0.4, 0.5) is 13.2 Å². The monoisotopic (exact) mass is 404 g/mol. The molecule has 6 heteroatoms. The molecule has 3 aromatic rings. The highest BCUT2D eigenvalue weighted by molar-refractivity contribution is 5.77. The number of benzene rings is 1. The van der Waals surface area contributed by atoms with Crippen LogP contribution < -0.4 is 0 Å². The molecule has 0 aliphatic rings. The second-order valence-electron chi connectivity index (χ2n) is 7.46. The minimum Gasteiger partial charge on any atom is -0.436 e. The minimum absolute atomic E-state index is 0.213. The van der Waals surface area contributed by atoms with Gasteiger partial charge in [-0.05, 0) is 42.7 Å². The highest BCUT2D eigenvalue weighted by atomic mass is 19.4. The standard InChI is InChI=1S/C23H27F3N2O/c1-2-3-4-5-6-7-8-9-10-17-16-27-14-13-19(17)22-28-20-15-18(23(24,25)26)11-12-21(20)29-22/h11-16H,2-10H2,1H3. The fourth-order valence-corrected chi connectivity index (χ4v) is 3.50. The van der Waals surface area contributed by atoms with Crippen LogP contribution in [0, 0.1) is 0 Å². The quantitative estimate of drug-likeness (QED) is 0.327. The molecule has 0 aliphatic heterocycles. The van der Waals surface area contributed by atoms with E-state index in [0.29, 0.717) is 11.5 Å². The summed E-state index contributed by atoms with van der Waals surface area (Å²) < 4.78 is 44.5. The summed E-state index contributed by atoms with van der Waals surface area (Å²) in [6.07, 6.45) is 9.80. The van der Waals surface area contributed by atoms with Crippen molar-refractivity contribution in [1.82, 2.24) is 9.97 Å². The van der Waals surface area contributed by atoms with Gasteiger partial charge in [-0.15, -0.1) is 0 Å². The fourth-order valence-electron chi connectivity index (χ4n) is 3.50. The van der Waals surface area contributed by atoms with E-state index in [-0.39, 0.29) is 5.52 Å². The molecule has 0 atom stereocenters. The van der Waals surface area contributed by atoms with E-state index in [1.54, 1.807) is 12.4 Å². The Morgan fingerprint density at radius 1 is 0.931 bits per heavy atom. The Hall–Kier alpha value is -2.37. The Balaban J connectivity index is 1.65. The molecule has 0 N–H and O–H groups in total. The predicted octanol–water partition coefficient (Wildman–Crippen LogP) is 7.59. The summed E-state index contributed by atoms with van der Waals surface area (Å²) in [4.78, 5) is 8.51. The number of aryl methyl sites for hydroxylation is 1. The van der Waals surface area contributed by atoms with Crippen molar-refractivity contribution in [1.29, 1.82) is 0 Å². The number of alkyl halides is 3. The van der Waals surface area contributed by atoms with E-state index >= 15 is 0 Å². The van der Waals surface area contributed by atoms with Crippen LogP contribution in [0.2, 0.25) is 0 Å². The summed E-state index contributed by atoms with van der Waals surface area (Å²) in [5.74, 6) is 0.344. The van der Waals surface area contributed by atoms with Gasteiger partial charge in [-0.25, -0.2) is 4.98 Å². The van der Waals surface area contributed by atoms with E-state index in [2.05, 4.69) is 16.9 Å². The van der Waals surface area contributed by atoms with E-state index in [4.69, 9.17) is 4.42 Å². The minimum atomic E-state index is -4.40. The van der Waals surface area contributed by atoms with Crippen LogP contribution in [0.1, 0.15) is 69.4 Å². The molecule has 0 spiro atoms. The maximum absolute atomic E-state index is 12.9. The Kier molecular flexibility index (Phi) is 7.29. The van der Waals surface area contributed by atoms with Gasteiger partial charge in [0.15, 0.2) is 5.58 Å². The van der Waals surface area contributed by atoms with E-state index in [0.717, 1.165) is 42.5 Å². The molecule has 0 amide bonds. The molecule has 0 saturated carbocycles. The van der Waals surface area contributed by atoms with E-state index in [1.165, 1.54) is 44.6 Å². The van der Waals surface area contributed by atoms with E-state index in [9.17, 15) is 13.2 Å². The third-order valence-corrected chi connectivity index (χ3v) is 5.15. The zero-order valence-corrected chi connectivity index (χ0v) is 16.8. The van der Waals surface area contributed by atoms with Crippen LogP contribution in [-0.2, 0) is 12.6 Å². The van der Waals surface area contributed by atoms with Gasteiger partial charge < -0.3 is 4.42 Å². The molecular weight excluding hydrogens is 377 g/mol. The molecule has 29 heavy (non-hydrogen) atoms. The number of aromatic nitrogens is 2. The summed E-state index contributed by atoms with van der Waals surface area (Å²) in [5.41, 5.74) is 1.65. The summed E-state index contributed by atoms with van der Waals surface area (Å²) in [6, 6.07) is 5.19. The number of hydrogen-bond donors (Lipinski definition) is 0. The van der Waals surface area contributed by atoms with Crippen LogP contribution in [0.5, 0.6) is 0 Å². The van der Waals surface area contributed by atoms with Crippen LogP contribution in [0.3, 0.4) is 0 Å². The molecule has 0 saturated heterocycles. The number of rotatable bonds is 10. The lowest BCUT2D eigenvalue weighted by Crippen LogP contribution is -2.03. The molecule has 0 aliphatic carbocycles. The van der Waals surface area contributed by atoms with Gasteiger partial charge in [-0.1, -0.05) is 51.9 Å². The third kappa shape index (κ3) is 5.81. The Morgan fingerprint density at radius 3 is 2.38 bits per heavy atom. The molecule has 2 aromatic heterocycles. The largest absolute Gasteiger partial charge is 0.436 e. The molecule has 0 bridgehead atoms. The van der Waals surface area contributed by atoms with E-state index in [1.807, 2.05) is 6.07 Å². The normalized spacial score (nSPS) is 12.0. The number of hydrogen-bond acceptors (Lipinski definition) is 3. The van der Waals surface area contributed by atoms with Crippen molar-refractivity contribution in [2.75, 3.05) is 0 Å². The SMILES string of the molecule is CCCCCCCCCCc1cnccc1-c1nc2cc(C(F)(F)F)ccc2o1. The van der Waals surface area contributed by atoms with Crippen molar-refractivity contribution in [2.45, 2.75) is 70.9 Å². The second kappa shape index (κ2) is 9.90. The molecule has 0 fully saturated rings. The summed E-state index contributed by atoms with van der Waals surface area (Å²) >= 11 is 0. The van der Waals surface area contributed by atoms with Crippen LogP contribution in [0.25, 0.3) is 22.6 Å². The van der Waals surface area contributed by atoms with Crippen molar-refractivity contribution < 1.29 is 17.6 Å². The summed E-state index contributed by atoms with van der Waals surface area (Å²) in [5, 5.41) is 0. The highest BCUT2D eigenvalue weighted by Gasteiger charge is 2.31. The first-order valence-electron chi connectivity index (χ1n) is 10.4. The zero-order chi connectivity index (χ0) is 20.7. The first-order valence-corrected chi connectivity index (χ1v) is 10.4. The predicted molar refractivity (Wildman–Crippen MR) is 109 cm³/mol. The molecule has 0 radical (unpaired) electrons. The lowest BCUT2D eigenvalue weighted by Gasteiger charge is -2.06. The molecular formula is C23H27F3N2O. The molecule has 1 aromatic carbocycles. The van der Waals surface area contributed by atoms with Crippen molar-refractivity contribution in [3.05, 3.63) is 47.8 Å². The van der Waals surface area contributed by atoms with Gasteiger partial charge in [0.2, 0.25) is 5.89 Å². The first-order chi connectivity index (χ1) is 14.0. The van der Waals surface area contributed by atoms with Gasteiger partial charge in [0.1, 0.15) is 5.52 Å². The topological polar surface area (TPSA) is 38.9 Å².